The van der Waals surface area contributed by atoms with Gasteiger partial charge in [-0.3, -0.25) is 4.79 Å². The van der Waals surface area contributed by atoms with E-state index in [2.05, 4.69) is 0 Å². The Hall–Kier alpha value is -1.28. The molecule has 90 valence electrons. The Bertz CT molecular complexity index is 430. The normalized spacial score (nSPS) is 17.2. The Kier molecular flexibility index (Phi) is 3.53. The predicted octanol–water partition coefficient (Wildman–Crippen LogP) is 3.44. The number of halogens is 1. The van der Waals surface area contributed by atoms with Gasteiger partial charge in [0.05, 0.1) is 5.41 Å². The predicted molar refractivity (Wildman–Crippen MR) is 69.4 cm³/mol. The van der Waals surface area contributed by atoms with E-state index in [9.17, 15) is 9.90 Å². The number of carboxylic acid groups (broad SMARTS) is 1. The van der Waals surface area contributed by atoms with Gasteiger partial charge in [-0.25, -0.2) is 0 Å². The van der Waals surface area contributed by atoms with Crippen molar-refractivity contribution in [2.75, 3.05) is 5.88 Å². The highest BCUT2D eigenvalue weighted by Crippen LogP contribution is 2.48. The smallest absolute Gasteiger partial charge is 0.314 e. The van der Waals surface area contributed by atoms with E-state index in [4.69, 9.17) is 11.6 Å². The fourth-order valence-corrected chi connectivity index (χ4v) is 2.07. The second-order valence-corrected chi connectivity index (χ2v) is 4.77. The van der Waals surface area contributed by atoms with Crippen molar-refractivity contribution in [1.82, 2.24) is 0 Å². The summed E-state index contributed by atoms with van der Waals surface area (Å²) in [5.41, 5.74) is 1.40. The average molecular weight is 251 g/mol. The van der Waals surface area contributed by atoms with E-state index in [1.165, 1.54) is 0 Å². The molecule has 0 aromatic heterocycles. The van der Waals surface area contributed by atoms with Crippen LogP contribution < -0.4 is 0 Å². The van der Waals surface area contributed by atoms with Crippen LogP contribution in [0.2, 0.25) is 0 Å². The van der Waals surface area contributed by atoms with Gasteiger partial charge in [-0.15, -0.1) is 11.6 Å². The first-order chi connectivity index (χ1) is 8.19. The Morgan fingerprint density at radius 1 is 1.35 bits per heavy atom. The number of aliphatic carboxylic acids is 1. The summed E-state index contributed by atoms with van der Waals surface area (Å²) in [6, 6.07) is 7.76. The third-order valence-electron chi connectivity index (χ3n) is 3.21. The van der Waals surface area contributed by atoms with Crippen molar-refractivity contribution in [2.24, 2.45) is 0 Å². The van der Waals surface area contributed by atoms with Crippen LogP contribution in [0.4, 0.5) is 0 Å². The van der Waals surface area contributed by atoms with Crippen molar-refractivity contribution in [3.63, 3.8) is 0 Å². The quantitative estimate of drug-likeness (QED) is 0.813. The van der Waals surface area contributed by atoms with E-state index in [1.54, 1.807) is 0 Å². The number of carboxylic acids is 1. The maximum atomic E-state index is 11.2. The molecule has 17 heavy (non-hydrogen) atoms. The summed E-state index contributed by atoms with van der Waals surface area (Å²) in [7, 11) is 0. The molecular weight excluding hydrogens is 236 g/mol. The molecule has 2 nitrogen and oxygen atoms in total. The molecule has 1 aliphatic carbocycles. The molecule has 0 unspecified atom stereocenters. The molecule has 0 amide bonds. The Morgan fingerprint density at radius 3 is 2.47 bits per heavy atom. The van der Waals surface area contributed by atoms with Gasteiger partial charge in [-0.1, -0.05) is 36.4 Å². The fraction of sp³-hybridized carbons (Fsp3) is 0.357. The summed E-state index contributed by atoms with van der Waals surface area (Å²) in [4.78, 5) is 11.2. The zero-order valence-corrected chi connectivity index (χ0v) is 10.3. The topological polar surface area (TPSA) is 37.3 Å². The van der Waals surface area contributed by atoms with E-state index in [0.29, 0.717) is 5.88 Å². The summed E-state index contributed by atoms with van der Waals surface area (Å²) < 4.78 is 0. The fourth-order valence-electron chi connectivity index (χ4n) is 1.95. The Balaban J connectivity index is 2.11. The Morgan fingerprint density at radius 2 is 2.00 bits per heavy atom. The van der Waals surface area contributed by atoms with Crippen molar-refractivity contribution in [3.05, 3.63) is 41.5 Å². The van der Waals surface area contributed by atoms with Crippen LogP contribution in [0.1, 0.15) is 30.4 Å². The minimum atomic E-state index is -0.706. The monoisotopic (exact) mass is 250 g/mol. The van der Waals surface area contributed by atoms with Gasteiger partial charge in [0, 0.05) is 5.88 Å². The van der Waals surface area contributed by atoms with Crippen molar-refractivity contribution in [2.45, 2.75) is 24.7 Å². The number of benzene rings is 1. The molecule has 1 saturated carbocycles. The third kappa shape index (κ3) is 2.52. The van der Waals surface area contributed by atoms with Gasteiger partial charge in [0.25, 0.3) is 0 Å². The van der Waals surface area contributed by atoms with Crippen LogP contribution in [-0.4, -0.2) is 17.0 Å². The van der Waals surface area contributed by atoms with Crippen LogP contribution in [0, 0.1) is 0 Å². The molecule has 2 rings (SSSR count). The molecule has 1 fully saturated rings. The summed E-state index contributed by atoms with van der Waals surface area (Å²) in [6.45, 7) is 0. The second kappa shape index (κ2) is 4.92. The first-order valence-electron chi connectivity index (χ1n) is 5.75. The lowest BCUT2D eigenvalue weighted by Crippen LogP contribution is -2.19. The molecule has 1 N–H and O–H groups in total. The minimum Gasteiger partial charge on any atom is -0.481 e. The summed E-state index contributed by atoms with van der Waals surface area (Å²) in [6.07, 6.45) is 6.38. The molecule has 0 radical (unpaired) electrons. The van der Waals surface area contributed by atoms with E-state index in [1.807, 2.05) is 36.4 Å². The van der Waals surface area contributed by atoms with E-state index >= 15 is 0 Å². The molecule has 0 spiro atoms. The zero-order valence-electron chi connectivity index (χ0n) is 9.53. The minimum absolute atomic E-state index is 0.599. The summed E-state index contributed by atoms with van der Waals surface area (Å²) in [5, 5.41) is 9.17. The summed E-state index contributed by atoms with van der Waals surface area (Å²) in [5.74, 6) is -0.0839. The highest BCUT2D eigenvalue weighted by Gasteiger charge is 2.51. The molecule has 1 aliphatic rings. The van der Waals surface area contributed by atoms with Crippen molar-refractivity contribution in [3.8, 4) is 0 Å². The van der Waals surface area contributed by atoms with Gasteiger partial charge in [-0.2, -0.15) is 0 Å². The molecule has 0 atom stereocenters. The average Bonchev–Trinajstić information content (AvgIpc) is 3.11. The molecule has 1 aromatic carbocycles. The molecule has 1 aromatic rings. The maximum Gasteiger partial charge on any atom is 0.314 e. The van der Waals surface area contributed by atoms with E-state index in [0.717, 1.165) is 30.4 Å². The van der Waals surface area contributed by atoms with E-state index in [-0.39, 0.29) is 0 Å². The van der Waals surface area contributed by atoms with Crippen LogP contribution in [0.3, 0.4) is 0 Å². The molecule has 0 bridgehead atoms. The third-order valence-corrected chi connectivity index (χ3v) is 3.43. The van der Waals surface area contributed by atoms with E-state index < -0.39 is 11.4 Å². The number of allylic oxidation sites excluding steroid dienone is 1. The van der Waals surface area contributed by atoms with Gasteiger partial charge in [-0.05, 0) is 30.4 Å². The molecule has 0 aliphatic heterocycles. The first kappa shape index (κ1) is 12.2. The van der Waals surface area contributed by atoms with Crippen LogP contribution in [0.25, 0.3) is 6.08 Å². The Labute approximate surface area is 106 Å². The second-order valence-electron chi connectivity index (χ2n) is 4.39. The van der Waals surface area contributed by atoms with Crippen molar-refractivity contribution >= 4 is 23.6 Å². The lowest BCUT2D eigenvalue weighted by atomic mass is 9.95. The number of hydrogen-bond donors (Lipinski definition) is 1. The number of rotatable bonds is 5. The van der Waals surface area contributed by atoms with Gasteiger partial charge >= 0.3 is 5.97 Å². The van der Waals surface area contributed by atoms with Crippen LogP contribution in [0.15, 0.2) is 30.3 Å². The van der Waals surface area contributed by atoms with Gasteiger partial charge in [0.15, 0.2) is 0 Å². The molecular formula is C14H15ClO2. The van der Waals surface area contributed by atoms with Gasteiger partial charge in [0.1, 0.15) is 0 Å². The lowest BCUT2D eigenvalue weighted by molar-refractivity contribution is -0.140. The van der Waals surface area contributed by atoms with Gasteiger partial charge in [0.2, 0.25) is 0 Å². The van der Waals surface area contributed by atoms with Crippen LogP contribution >= 0.6 is 11.6 Å². The first-order valence-corrected chi connectivity index (χ1v) is 6.29. The number of hydrogen-bond acceptors (Lipinski definition) is 1. The SMILES string of the molecule is O=C(O)C1(c2ccc(C=CCCCl)cc2)CC1. The number of alkyl halides is 1. The van der Waals surface area contributed by atoms with Crippen molar-refractivity contribution < 1.29 is 9.90 Å². The highest BCUT2D eigenvalue weighted by molar-refractivity contribution is 6.17. The summed E-state index contributed by atoms with van der Waals surface area (Å²) >= 11 is 5.58. The van der Waals surface area contributed by atoms with Gasteiger partial charge < -0.3 is 5.11 Å². The van der Waals surface area contributed by atoms with Crippen LogP contribution in [0.5, 0.6) is 0 Å². The standard InChI is InChI=1S/C14H15ClO2/c15-10-2-1-3-11-4-6-12(7-5-11)14(8-9-14)13(16)17/h1,3-7H,2,8-10H2,(H,16,17). The zero-order chi connectivity index (χ0) is 12.3. The lowest BCUT2D eigenvalue weighted by Gasteiger charge is -2.09. The van der Waals surface area contributed by atoms with Crippen LogP contribution in [-0.2, 0) is 10.2 Å². The molecule has 0 heterocycles. The number of carbonyl (C=O) groups is 1. The maximum absolute atomic E-state index is 11.2. The molecule has 3 heteroatoms. The highest BCUT2D eigenvalue weighted by atomic mass is 35.5. The van der Waals surface area contributed by atoms with Crippen molar-refractivity contribution in [1.29, 1.82) is 0 Å². The largest absolute Gasteiger partial charge is 0.481 e. The molecule has 0 saturated heterocycles.